The topological polar surface area (TPSA) is 71.2 Å². The van der Waals surface area contributed by atoms with Crippen molar-refractivity contribution in [1.29, 1.82) is 0 Å². The molecule has 0 bridgehead atoms. The third kappa shape index (κ3) is 4.13. The molecule has 126 valence electrons. The molecule has 0 radical (unpaired) electrons. The van der Waals surface area contributed by atoms with E-state index >= 15 is 0 Å². The summed E-state index contributed by atoms with van der Waals surface area (Å²) < 4.78 is 1.10. The van der Waals surface area contributed by atoms with Gasteiger partial charge in [-0.05, 0) is 37.5 Å². The molecule has 1 aromatic heterocycles. The van der Waals surface area contributed by atoms with Crippen molar-refractivity contribution in [1.82, 2.24) is 4.98 Å². The van der Waals surface area contributed by atoms with Crippen LogP contribution in [0.15, 0.2) is 18.2 Å². The number of hydrogen-bond donors (Lipinski definition) is 2. The average Bonchev–Trinajstić information content (AvgIpc) is 3.15. The van der Waals surface area contributed by atoms with E-state index in [1.165, 1.54) is 12.8 Å². The number of benzene rings is 1. The van der Waals surface area contributed by atoms with E-state index in [4.69, 9.17) is 5.73 Å². The zero-order valence-electron chi connectivity index (χ0n) is 13.2. The number of fused-ring (bicyclic) bond motifs is 1. The predicted molar refractivity (Wildman–Crippen MR) is 99.8 cm³/mol. The van der Waals surface area contributed by atoms with Crippen LogP contribution in [0, 0.1) is 0 Å². The van der Waals surface area contributed by atoms with Crippen molar-refractivity contribution >= 4 is 50.7 Å². The number of nitrogens with one attached hydrogen (secondary N) is 1. The predicted octanol–water partition coefficient (Wildman–Crippen LogP) is 3.38. The van der Waals surface area contributed by atoms with Crippen LogP contribution in [0.2, 0.25) is 0 Å². The van der Waals surface area contributed by atoms with E-state index < -0.39 is 6.04 Å². The largest absolute Gasteiger partial charge is 0.348 e. The second-order valence-corrected chi connectivity index (χ2v) is 6.77. The highest BCUT2D eigenvalue weighted by atomic mass is 35.5. The Hall–Kier alpha value is -1.37. The van der Waals surface area contributed by atoms with Crippen molar-refractivity contribution in [2.24, 2.45) is 5.73 Å². The monoisotopic (exact) mass is 354 g/mol. The van der Waals surface area contributed by atoms with Crippen LogP contribution in [-0.4, -0.2) is 30.0 Å². The van der Waals surface area contributed by atoms with Crippen LogP contribution < -0.4 is 16.0 Å². The molecule has 0 spiro atoms. The molecule has 1 aliphatic heterocycles. The number of halogens is 1. The lowest BCUT2D eigenvalue weighted by Crippen LogP contribution is -2.35. The zero-order chi connectivity index (χ0) is 15.5. The molecule has 3 N–H and O–H groups in total. The van der Waals surface area contributed by atoms with Gasteiger partial charge >= 0.3 is 0 Å². The molecule has 2 aromatic rings. The smallest absolute Gasteiger partial charge is 0.241 e. The first-order valence-corrected chi connectivity index (χ1v) is 8.71. The number of thiazole rings is 1. The molecule has 1 unspecified atom stereocenters. The molecule has 1 amide bonds. The molecule has 1 fully saturated rings. The Kier molecular flexibility index (Phi) is 6.21. The van der Waals surface area contributed by atoms with Gasteiger partial charge in [-0.2, -0.15) is 0 Å². The van der Waals surface area contributed by atoms with E-state index in [2.05, 4.69) is 15.2 Å². The van der Waals surface area contributed by atoms with E-state index in [-0.39, 0.29) is 18.3 Å². The van der Waals surface area contributed by atoms with E-state index in [1.54, 1.807) is 11.3 Å². The Morgan fingerprint density at radius 3 is 2.87 bits per heavy atom. The summed E-state index contributed by atoms with van der Waals surface area (Å²) in [5.74, 6) is -0.120. The van der Waals surface area contributed by atoms with E-state index in [0.29, 0.717) is 6.42 Å². The first-order valence-electron chi connectivity index (χ1n) is 7.89. The van der Waals surface area contributed by atoms with Crippen molar-refractivity contribution in [2.75, 3.05) is 23.3 Å². The maximum absolute atomic E-state index is 12.0. The summed E-state index contributed by atoms with van der Waals surface area (Å²) in [4.78, 5) is 19.0. The number of nitrogens with two attached hydrogens (primary N) is 1. The molecule has 1 aliphatic rings. The molecule has 0 aliphatic carbocycles. The van der Waals surface area contributed by atoms with Crippen LogP contribution in [0.5, 0.6) is 0 Å². The van der Waals surface area contributed by atoms with Gasteiger partial charge < -0.3 is 16.0 Å². The van der Waals surface area contributed by atoms with E-state index in [1.807, 2.05) is 25.1 Å². The molecule has 23 heavy (non-hydrogen) atoms. The molecular weight excluding hydrogens is 332 g/mol. The Morgan fingerprint density at radius 2 is 2.17 bits per heavy atom. The van der Waals surface area contributed by atoms with Crippen LogP contribution in [0.1, 0.15) is 32.6 Å². The van der Waals surface area contributed by atoms with Crippen LogP contribution in [0.4, 0.5) is 10.8 Å². The van der Waals surface area contributed by atoms with Gasteiger partial charge in [0.2, 0.25) is 5.91 Å². The number of carbonyl (C=O) groups is 1. The molecule has 3 rings (SSSR count). The summed E-state index contributed by atoms with van der Waals surface area (Å²) in [5.41, 5.74) is 7.63. The number of aromatic nitrogens is 1. The molecule has 1 atom stereocenters. The SMILES string of the molecule is CCCC(N)C(=O)Nc1ccc2nc(N3CCCC3)sc2c1.Cl. The molecule has 1 aromatic carbocycles. The summed E-state index contributed by atoms with van der Waals surface area (Å²) >= 11 is 1.69. The normalized spacial score (nSPS) is 15.5. The van der Waals surface area contributed by atoms with E-state index in [9.17, 15) is 4.79 Å². The standard InChI is InChI=1S/C16H22N4OS.ClH/c1-2-5-12(17)15(21)18-11-6-7-13-14(10-11)22-16(19-13)20-8-3-4-9-20;/h6-7,10,12H,2-5,8-9,17H2,1H3,(H,18,21);1H. The number of nitrogens with zero attached hydrogens (tertiary/aromatic N) is 2. The molecule has 5 nitrogen and oxygen atoms in total. The van der Waals surface area contributed by atoms with Gasteiger partial charge in [0.25, 0.3) is 0 Å². The Balaban J connectivity index is 0.00000192. The maximum Gasteiger partial charge on any atom is 0.241 e. The number of rotatable bonds is 5. The van der Waals surface area contributed by atoms with Crippen molar-refractivity contribution in [2.45, 2.75) is 38.6 Å². The average molecular weight is 355 g/mol. The van der Waals surface area contributed by atoms with Gasteiger partial charge in [-0.3, -0.25) is 4.79 Å². The van der Waals surface area contributed by atoms with Crippen LogP contribution in [0.3, 0.4) is 0 Å². The highest BCUT2D eigenvalue weighted by Gasteiger charge is 2.17. The van der Waals surface area contributed by atoms with Crippen molar-refractivity contribution in [3.8, 4) is 0 Å². The van der Waals surface area contributed by atoms with Crippen molar-refractivity contribution < 1.29 is 4.79 Å². The minimum atomic E-state index is -0.442. The Labute approximate surface area is 146 Å². The van der Waals surface area contributed by atoms with Crippen molar-refractivity contribution in [3.63, 3.8) is 0 Å². The maximum atomic E-state index is 12.0. The summed E-state index contributed by atoms with van der Waals surface area (Å²) in [7, 11) is 0. The summed E-state index contributed by atoms with van der Waals surface area (Å²) in [6.45, 7) is 4.21. The second kappa shape index (κ2) is 7.95. The fraction of sp³-hybridized carbons (Fsp3) is 0.500. The molecule has 2 heterocycles. The lowest BCUT2D eigenvalue weighted by atomic mass is 10.1. The lowest BCUT2D eigenvalue weighted by Gasteiger charge is -2.11. The number of anilines is 2. The van der Waals surface area contributed by atoms with Crippen molar-refractivity contribution in [3.05, 3.63) is 18.2 Å². The second-order valence-electron chi connectivity index (χ2n) is 5.76. The number of carbonyl (C=O) groups excluding carboxylic acids is 1. The van der Waals surface area contributed by atoms with Gasteiger partial charge in [0, 0.05) is 18.8 Å². The highest BCUT2D eigenvalue weighted by molar-refractivity contribution is 7.22. The van der Waals surface area contributed by atoms with Crippen LogP contribution in [0.25, 0.3) is 10.2 Å². The number of hydrogen-bond acceptors (Lipinski definition) is 5. The first-order chi connectivity index (χ1) is 10.7. The summed E-state index contributed by atoms with van der Waals surface area (Å²) in [5, 5.41) is 3.98. The summed E-state index contributed by atoms with van der Waals surface area (Å²) in [6, 6.07) is 5.41. The number of amides is 1. The fourth-order valence-corrected chi connectivity index (χ4v) is 3.77. The van der Waals surface area contributed by atoms with Gasteiger partial charge in [-0.15, -0.1) is 12.4 Å². The molecule has 7 heteroatoms. The first kappa shape index (κ1) is 18.0. The molecule has 0 saturated carbocycles. The Morgan fingerprint density at radius 1 is 1.43 bits per heavy atom. The zero-order valence-corrected chi connectivity index (χ0v) is 14.9. The van der Waals surface area contributed by atoms with Gasteiger partial charge in [-0.25, -0.2) is 4.98 Å². The third-order valence-corrected chi connectivity index (χ3v) is 5.04. The van der Waals surface area contributed by atoms with Gasteiger partial charge in [0.15, 0.2) is 5.13 Å². The van der Waals surface area contributed by atoms with Gasteiger partial charge in [0.05, 0.1) is 16.3 Å². The van der Waals surface area contributed by atoms with Gasteiger partial charge in [0.1, 0.15) is 0 Å². The highest BCUT2D eigenvalue weighted by Crippen LogP contribution is 2.32. The molecule has 1 saturated heterocycles. The third-order valence-electron chi connectivity index (χ3n) is 3.96. The Bertz CT molecular complexity index is 669. The lowest BCUT2D eigenvalue weighted by molar-refractivity contribution is -0.117. The fourth-order valence-electron chi connectivity index (χ4n) is 2.71. The minimum absolute atomic E-state index is 0. The van der Waals surface area contributed by atoms with Crippen LogP contribution in [-0.2, 0) is 4.79 Å². The molecular formula is C16H23ClN4OS. The summed E-state index contributed by atoms with van der Waals surface area (Å²) in [6.07, 6.45) is 4.09. The quantitative estimate of drug-likeness (QED) is 0.863. The minimum Gasteiger partial charge on any atom is -0.348 e. The van der Waals surface area contributed by atoms with Gasteiger partial charge in [-0.1, -0.05) is 24.7 Å². The van der Waals surface area contributed by atoms with Crippen LogP contribution >= 0.6 is 23.7 Å². The van der Waals surface area contributed by atoms with E-state index in [0.717, 1.165) is 40.5 Å².